The number of carbonyl (C=O) groups is 1. The van der Waals surface area contributed by atoms with Crippen LogP contribution in [0.5, 0.6) is 17.2 Å². The highest BCUT2D eigenvalue weighted by molar-refractivity contribution is 7.86. The van der Waals surface area contributed by atoms with Crippen molar-refractivity contribution in [3.63, 3.8) is 0 Å². The molecule has 1 aliphatic rings. The minimum absolute atomic E-state index is 0.160. The summed E-state index contributed by atoms with van der Waals surface area (Å²) in [6, 6.07) is 22.5. The minimum atomic E-state index is -6.09. The van der Waals surface area contributed by atoms with Crippen LogP contribution in [0.2, 0.25) is 0 Å². The molecule has 1 unspecified atom stereocenters. The third kappa shape index (κ3) is 8.84. The number of methoxy groups -OCH3 is 3. The third-order valence-corrected chi connectivity index (χ3v) is 10.7. The van der Waals surface area contributed by atoms with Gasteiger partial charge >= 0.3 is 16.4 Å². The van der Waals surface area contributed by atoms with E-state index >= 15 is 0 Å². The average molecular weight is 819 g/mol. The summed E-state index contributed by atoms with van der Waals surface area (Å²) in [6.07, 6.45) is 0.160. The van der Waals surface area contributed by atoms with Crippen LogP contribution in [-0.4, -0.2) is 75.4 Å². The molecule has 0 aliphatic carbocycles. The molecule has 6 rings (SSSR count). The van der Waals surface area contributed by atoms with E-state index in [9.17, 15) is 18.0 Å². The van der Waals surface area contributed by atoms with Crippen molar-refractivity contribution in [2.24, 2.45) is 0 Å². The van der Waals surface area contributed by atoms with Gasteiger partial charge in [-0.05, 0) is 112 Å². The van der Waals surface area contributed by atoms with Gasteiger partial charge in [0.2, 0.25) is 11.5 Å². The highest BCUT2D eigenvalue weighted by Gasteiger charge is 2.42. The molecule has 0 saturated carbocycles. The number of fused-ring (bicyclic) bond motifs is 5. The van der Waals surface area contributed by atoms with Crippen LogP contribution in [0.25, 0.3) is 37.9 Å². The average Bonchev–Trinajstić information content (AvgIpc) is 3.62. The van der Waals surface area contributed by atoms with Crippen molar-refractivity contribution in [2.75, 3.05) is 51.2 Å². The molecule has 3 heterocycles. The van der Waals surface area contributed by atoms with Gasteiger partial charge in [-0.1, -0.05) is 0 Å². The van der Waals surface area contributed by atoms with Gasteiger partial charge in [0.1, 0.15) is 29.9 Å². The monoisotopic (exact) mass is 818 g/mol. The highest BCUT2D eigenvalue weighted by atomic mass is 32.2. The number of hydrogen-bond donors (Lipinski definition) is 1. The molecule has 1 aliphatic heterocycles. The van der Waals surface area contributed by atoms with Crippen molar-refractivity contribution in [3.8, 4) is 50.2 Å². The van der Waals surface area contributed by atoms with Crippen LogP contribution in [-0.2, 0) is 19.6 Å². The topological polar surface area (TPSA) is 135 Å². The fourth-order valence-corrected chi connectivity index (χ4v) is 7.73. The lowest BCUT2D eigenvalue weighted by Crippen LogP contribution is -2.43. The predicted octanol–water partition coefficient (Wildman–Crippen LogP) is 7.91. The molecule has 0 spiro atoms. The van der Waals surface area contributed by atoms with Gasteiger partial charge in [-0.2, -0.15) is 17.6 Å². The number of nitrogens with one attached hydrogen (secondary N) is 1. The van der Waals surface area contributed by atoms with Crippen molar-refractivity contribution in [2.45, 2.75) is 58.1 Å². The molecule has 1 atom stereocenters. The molecular formula is C39H45F3N4O8S2. The molecule has 302 valence electrons. The van der Waals surface area contributed by atoms with Crippen LogP contribution in [0.15, 0.2) is 66.7 Å². The number of esters is 1. The Morgan fingerprint density at radius 2 is 1.52 bits per heavy atom. The highest BCUT2D eigenvalue weighted by Crippen LogP contribution is 2.47. The smallest absolute Gasteiger partial charge is 0.485 e. The molecule has 56 heavy (non-hydrogen) atoms. The fraction of sp³-hybridized carbons (Fsp3) is 0.385. The summed E-state index contributed by atoms with van der Waals surface area (Å²) in [5, 5.41) is 3.89. The first-order valence-corrected chi connectivity index (χ1v) is 19.9. The summed E-state index contributed by atoms with van der Waals surface area (Å²) in [4.78, 5) is 17.3. The number of alkyl halides is 3. The van der Waals surface area contributed by atoms with Crippen molar-refractivity contribution in [1.82, 2.24) is 4.40 Å². The first-order chi connectivity index (χ1) is 26.3. The fourth-order valence-electron chi connectivity index (χ4n) is 6.37. The Balaban J connectivity index is 0.000000677. The maximum absolute atomic E-state index is 13.0. The van der Waals surface area contributed by atoms with Crippen LogP contribution in [0.3, 0.4) is 0 Å². The van der Waals surface area contributed by atoms with Gasteiger partial charge in [-0.25, -0.2) is 13.0 Å². The van der Waals surface area contributed by atoms with Crippen LogP contribution >= 0.6 is 11.3 Å². The molecular weight excluding hydrogens is 774 g/mol. The lowest BCUT2D eigenvalue weighted by Gasteiger charge is -2.23. The van der Waals surface area contributed by atoms with Gasteiger partial charge < -0.3 is 33.7 Å². The SMILES string of the molecule is CCN(CC)c1ccc2c(c1)OCC(CC(=O)OC)[n+]1c-2c(NC(C)(C)C)n2c(-c3ccc(OC)cc3)c(-c3ccc(OC)cc3)sc21.O=S(=O)([O-])C(F)(F)F. The largest absolute Gasteiger partial charge is 0.741 e. The number of nitrogens with zero attached hydrogens (tertiary/aromatic N) is 3. The van der Waals surface area contributed by atoms with Gasteiger partial charge in [0.15, 0.2) is 15.8 Å². The number of carbonyl (C=O) groups excluding carboxylic acids is 1. The van der Waals surface area contributed by atoms with Crippen molar-refractivity contribution >= 4 is 43.9 Å². The van der Waals surface area contributed by atoms with Gasteiger partial charge in [0.25, 0.3) is 0 Å². The third-order valence-electron chi connectivity index (χ3n) is 8.99. The molecule has 17 heteroatoms. The van der Waals surface area contributed by atoms with Crippen molar-refractivity contribution in [1.29, 1.82) is 0 Å². The number of benzene rings is 3. The molecule has 0 amide bonds. The van der Waals surface area contributed by atoms with E-state index in [0.29, 0.717) is 6.61 Å². The molecule has 0 saturated heterocycles. The second-order valence-electron chi connectivity index (χ2n) is 13.8. The Morgan fingerprint density at radius 3 is 2.00 bits per heavy atom. The predicted molar refractivity (Wildman–Crippen MR) is 209 cm³/mol. The van der Waals surface area contributed by atoms with Crippen LogP contribution in [0.1, 0.15) is 47.1 Å². The van der Waals surface area contributed by atoms with E-state index in [4.69, 9.17) is 31.9 Å². The number of imidazole rings is 1. The Bertz CT molecular complexity index is 2280. The number of halogens is 3. The van der Waals surface area contributed by atoms with E-state index in [1.165, 1.54) is 7.11 Å². The van der Waals surface area contributed by atoms with Gasteiger partial charge in [-0.15, -0.1) is 0 Å². The van der Waals surface area contributed by atoms with Gasteiger partial charge in [0, 0.05) is 35.9 Å². The Hall–Kier alpha value is -5.00. The van der Waals surface area contributed by atoms with Crippen LogP contribution in [0, 0.1) is 0 Å². The summed E-state index contributed by atoms with van der Waals surface area (Å²) >= 11 is 1.69. The lowest BCUT2D eigenvalue weighted by atomic mass is 10.0. The minimum Gasteiger partial charge on any atom is -0.741 e. The number of ether oxygens (including phenoxy) is 4. The van der Waals surface area contributed by atoms with E-state index in [1.807, 2.05) is 24.3 Å². The molecule has 0 fully saturated rings. The zero-order chi connectivity index (χ0) is 41.2. The molecule has 2 aromatic heterocycles. The summed E-state index contributed by atoms with van der Waals surface area (Å²) in [6.45, 7) is 12.9. The van der Waals surface area contributed by atoms with Crippen LogP contribution < -0.4 is 29.0 Å². The van der Waals surface area contributed by atoms with E-state index < -0.39 is 15.6 Å². The van der Waals surface area contributed by atoms with E-state index in [-0.39, 0.29) is 24.0 Å². The molecule has 1 N–H and O–H groups in total. The van der Waals surface area contributed by atoms with Gasteiger partial charge in [0.05, 0.1) is 38.2 Å². The molecule has 5 aromatic rings. The number of rotatable bonds is 10. The summed E-state index contributed by atoms with van der Waals surface area (Å²) < 4.78 is 86.4. The lowest BCUT2D eigenvalue weighted by molar-refractivity contribution is -0.684. The second kappa shape index (κ2) is 16.6. The maximum atomic E-state index is 13.0. The first kappa shape index (κ1) is 42.1. The van der Waals surface area contributed by atoms with E-state index in [0.717, 1.165) is 79.8 Å². The van der Waals surface area contributed by atoms with E-state index in [1.54, 1.807) is 25.6 Å². The summed E-state index contributed by atoms with van der Waals surface area (Å²) in [7, 11) is -1.30. The zero-order valence-electron chi connectivity index (χ0n) is 32.3. The Kier molecular flexibility index (Phi) is 12.5. The van der Waals surface area contributed by atoms with Crippen molar-refractivity contribution < 1.29 is 54.5 Å². The number of aromatic nitrogens is 2. The Labute approximate surface area is 328 Å². The zero-order valence-corrected chi connectivity index (χ0v) is 33.9. The number of thiazole rings is 1. The quantitative estimate of drug-likeness (QED) is 0.0642. The summed E-state index contributed by atoms with van der Waals surface area (Å²) in [5.41, 5.74) is 0.227. The number of anilines is 2. The van der Waals surface area contributed by atoms with Crippen molar-refractivity contribution in [3.05, 3.63) is 66.7 Å². The molecule has 0 radical (unpaired) electrons. The summed E-state index contributed by atoms with van der Waals surface area (Å²) in [5.74, 6) is 3.01. The molecule has 3 aromatic carbocycles. The number of hydrogen-bond acceptors (Lipinski definition) is 11. The second-order valence-corrected chi connectivity index (χ2v) is 16.1. The normalized spacial score (nSPS) is 14.0. The standard InChI is InChI=1S/C38H45N4O5S.CHF3O3S/c1-9-40(10-2)26-15-20-30-31(21-26)47-23-27(22-32(43)46-8)41-34(30)36(39-38(3,4)5)42-33(24-11-16-28(44-6)17-12-24)35(48-37(41)42)25-13-18-29(45-7)19-14-25;2-1(3,4)8(5,6)7/h11-21,27,39H,9-10,22-23H2,1-8H3;(H,5,6,7)/q+1;/p-1. The molecule has 0 bridgehead atoms. The van der Waals surface area contributed by atoms with E-state index in [2.05, 4.69) is 96.3 Å². The Morgan fingerprint density at radius 1 is 0.964 bits per heavy atom. The van der Waals surface area contributed by atoms with Crippen LogP contribution in [0.4, 0.5) is 24.7 Å². The maximum Gasteiger partial charge on any atom is 0.485 e. The van der Waals surface area contributed by atoms with Gasteiger partial charge in [-0.3, -0.25) is 4.79 Å². The first-order valence-electron chi connectivity index (χ1n) is 17.7. The molecule has 12 nitrogen and oxygen atoms in total.